The van der Waals surface area contributed by atoms with Crippen LogP contribution in [0.5, 0.6) is 5.88 Å². The molecule has 0 saturated heterocycles. The van der Waals surface area contributed by atoms with Crippen molar-refractivity contribution in [3.63, 3.8) is 0 Å². The molecule has 5 nitrogen and oxygen atoms in total. The van der Waals surface area contributed by atoms with Crippen LogP contribution in [0.25, 0.3) is 0 Å². The highest BCUT2D eigenvalue weighted by Crippen LogP contribution is 2.12. The van der Waals surface area contributed by atoms with Gasteiger partial charge in [-0.3, -0.25) is 0 Å². The van der Waals surface area contributed by atoms with E-state index in [9.17, 15) is 0 Å². The van der Waals surface area contributed by atoms with Crippen LogP contribution in [0.15, 0.2) is 6.20 Å². The normalized spacial score (nSPS) is 8.73. The monoisotopic (exact) mass is 150 g/mol. The van der Waals surface area contributed by atoms with Gasteiger partial charge in [0.2, 0.25) is 11.8 Å². The highest BCUT2D eigenvalue weighted by Gasteiger charge is 2.03. The Labute approximate surface area is 63.4 Å². The quantitative estimate of drug-likeness (QED) is 0.606. The third-order valence-corrected chi connectivity index (χ3v) is 1.09. The van der Waals surface area contributed by atoms with E-state index in [1.165, 1.54) is 13.3 Å². The number of nitrogen functional groups attached to an aromatic ring is 1. The molecule has 0 atom stereocenters. The summed E-state index contributed by atoms with van der Waals surface area (Å²) in [6.07, 6.45) is 1.32. The van der Waals surface area contributed by atoms with E-state index in [0.717, 1.165) is 0 Å². The van der Waals surface area contributed by atoms with Gasteiger partial charge in [-0.1, -0.05) is 0 Å². The number of hydrogen-bond donors (Lipinski definition) is 1. The van der Waals surface area contributed by atoms with Crippen molar-refractivity contribution in [2.75, 3.05) is 12.8 Å². The molecule has 0 spiro atoms. The largest absolute Gasteiger partial charge is 0.480 e. The molecule has 56 valence electrons. The third-order valence-electron chi connectivity index (χ3n) is 1.09. The summed E-state index contributed by atoms with van der Waals surface area (Å²) in [6.45, 7) is 0. The summed E-state index contributed by atoms with van der Waals surface area (Å²) in [4.78, 5) is 7.31. The summed E-state index contributed by atoms with van der Waals surface area (Å²) in [7, 11) is 1.42. The molecule has 0 aliphatic heterocycles. The summed E-state index contributed by atoms with van der Waals surface area (Å²) in [5.41, 5.74) is 5.53. The molecule has 0 unspecified atom stereocenters. The number of nitrogens with zero attached hydrogens (tertiary/aromatic N) is 3. The predicted octanol–water partition coefficient (Wildman–Crippen LogP) is -0.0609. The summed E-state index contributed by atoms with van der Waals surface area (Å²) in [5, 5.41) is 8.49. The summed E-state index contributed by atoms with van der Waals surface area (Å²) in [5.74, 6) is 0.306. The zero-order valence-corrected chi connectivity index (χ0v) is 5.90. The van der Waals surface area contributed by atoms with Crippen LogP contribution >= 0.6 is 0 Å². The van der Waals surface area contributed by atoms with E-state index in [1.807, 2.05) is 6.07 Å². The van der Waals surface area contributed by atoms with Gasteiger partial charge < -0.3 is 10.5 Å². The van der Waals surface area contributed by atoms with E-state index in [-0.39, 0.29) is 17.4 Å². The highest BCUT2D eigenvalue weighted by atomic mass is 16.5. The number of rotatable bonds is 1. The minimum Gasteiger partial charge on any atom is -0.480 e. The summed E-state index contributed by atoms with van der Waals surface area (Å²) in [6, 6.07) is 1.87. The zero-order valence-electron chi connectivity index (χ0n) is 5.90. The fourth-order valence-electron chi connectivity index (χ4n) is 0.611. The van der Waals surface area contributed by atoms with E-state index in [4.69, 9.17) is 15.7 Å². The molecule has 1 heterocycles. The van der Waals surface area contributed by atoms with Gasteiger partial charge in [0.25, 0.3) is 0 Å². The minimum atomic E-state index is 0.0980. The van der Waals surface area contributed by atoms with Crippen molar-refractivity contribution in [2.24, 2.45) is 0 Å². The average molecular weight is 150 g/mol. The SMILES string of the molecule is COc1nc(N)ncc1C#N. The van der Waals surface area contributed by atoms with Crippen LogP contribution in [0.1, 0.15) is 5.56 Å². The van der Waals surface area contributed by atoms with Gasteiger partial charge in [-0.2, -0.15) is 10.2 Å². The summed E-state index contributed by atoms with van der Waals surface area (Å²) < 4.78 is 4.76. The number of methoxy groups -OCH3 is 1. The molecular weight excluding hydrogens is 144 g/mol. The zero-order chi connectivity index (χ0) is 8.27. The molecule has 1 aromatic heterocycles. The van der Waals surface area contributed by atoms with Gasteiger partial charge in [0.15, 0.2) is 0 Å². The Morgan fingerprint density at radius 3 is 3.00 bits per heavy atom. The van der Waals surface area contributed by atoms with Crippen LogP contribution in [-0.4, -0.2) is 17.1 Å². The lowest BCUT2D eigenvalue weighted by Crippen LogP contribution is -1.99. The van der Waals surface area contributed by atoms with E-state index in [0.29, 0.717) is 0 Å². The molecule has 1 aromatic rings. The predicted molar refractivity (Wildman–Crippen MR) is 37.7 cm³/mol. The standard InChI is InChI=1S/C6H6N4O/c1-11-5-4(2-7)3-9-6(8)10-5/h3H,1H3,(H2,8,9,10). The van der Waals surface area contributed by atoms with Crippen molar-refractivity contribution >= 4 is 5.95 Å². The molecule has 0 saturated carbocycles. The van der Waals surface area contributed by atoms with E-state index >= 15 is 0 Å². The Kier molecular flexibility index (Phi) is 1.88. The van der Waals surface area contributed by atoms with Crippen molar-refractivity contribution in [3.05, 3.63) is 11.8 Å². The highest BCUT2D eigenvalue weighted by molar-refractivity contribution is 5.38. The van der Waals surface area contributed by atoms with Crippen LogP contribution in [0.2, 0.25) is 0 Å². The Bertz CT molecular complexity index is 304. The molecule has 0 radical (unpaired) electrons. The van der Waals surface area contributed by atoms with Gasteiger partial charge in [0.1, 0.15) is 11.6 Å². The van der Waals surface area contributed by atoms with E-state index in [2.05, 4.69) is 9.97 Å². The van der Waals surface area contributed by atoms with Crippen molar-refractivity contribution in [1.82, 2.24) is 9.97 Å². The first kappa shape index (κ1) is 7.28. The molecule has 0 amide bonds. The number of aromatic nitrogens is 2. The lowest BCUT2D eigenvalue weighted by Gasteiger charge is -1.99. The van der Waals surface area contributed by atoms with Crippen molar-refractivity contribution in [3.8, 4) is 11.9 Å². The van der Waals surface area contributed by atoms with Crippen LogP contribution in [0.4, 0.5) is 5.95 Å². The smallest absolute Gasteiger partial charge is 0.236 e. The molecular formula is C6H6N4O. The molecule has 0 fully saturated rings. The Hall–Kier alpha value is -1.83. The molecule has 2 N–H and O–H groups in total. The lowest BCUT2D eigenvalue weighted by atomic mass is 10.4. The minimum absolute atomic E-state index is 0.0980. The second kappa shape index (κ2) is 2.84. The van der Waals surface area contributed by atoms with Gasteiger partial charge >= 0.3 is 0 Å². The first-order chi connectivity index (χ1) is 5.27. The Balaban J connectivity index is 3.19. The second-order valence-electron chi connectivity index (χ2n) is 1.76. The van der Waals surface area contributed by atoms with Gasteiger partial charge in [0, 0.05) is 0 Å². The molecule has 0 aromatic carbocycles. The molecule has 11 heavy (non-hydrogen) atoms. The van der Waals surface area contributed by atoms with Crippen molar-refractivity contribution in [2.45, 2.75) is 0 Å². The average Bonchev–Trinajstić information content (AvgIpc) is 2.04. The number of hydrogen-bond acceptors (Lipinski definition) is 5. The third kappa shape index (κ3) is 1.35. The van der Waals surface area contributed by atoms with Crippen molar-refractivity contribution in [1.29, 1.82) is 5.26 Å². The van der Waals surface area contributed by atoms with Crippen LogP contribution in [0.3, 0.4) is 0 Å². The van der Waals surface area contributed by atoms with Gasteiger partial charge in [-0.25, -0.2) is 4.98 Å². The van der Waals surface area contributed by atoms with Crippen molar-refractivity contribution < 1.29 is 4.74 Å². The van der Waals surface area contributed by atoms with Crippen LogP contribution in [-0.2, 0) is 0 Å². The molecule has 5 heteroatoms. The maximum absolute atomic E-state index is 8.49. The first-order valence-corrected chi connectivity index (χ1v) is 2.84. The molecule has 0 aliphatic carbocycles. The van der Waals surface area contributed by atoms with Gasteiger partial charge in [-0.15, -0.1) is 0 Å². The molecule has 1 rings (SSSR count). The Morgan fingerprint density at radius 2 is 2.45 bits per heavy atom. The Morgan fingerprint density at radius 1 is 1.73 bits per heavy atom. The van der Waals surface area contributed by atoms with Crippen LogP contribution in [0, 0.1) is 11.3 Å². The summed E-state index contributed by atoms with van der Waals surface area (Å²) >= 11 is 0. The number of nitrogens with two attached hydrogens (primary N) is 1. The topological polar surface area (TPSA) is 84.8 Å². The maximum atomic E-state index is 8.49. The van der Waals surface area contributed by atoms with E-state index < -0.39 is 0 Å². The fourth-order valence-corrected chi connectivity index (χ4v) is 0.611. The number of anilines is 1. The number of ether oxygens (including phenoxy) is 1. The lowest BCUT2D eigenvalue weighted by molar-refractivity contribution is 0.396. The van der Waals surface area contributed by atoms with Gasteiger partial charge in [0.05, 0.1) is 13.3 Å². The molecule has 0 bridgehead atoms. The fraction of sp³-hybridized carbons (Fsp3) is 0.167. The number of nitriles is 1. The second-order valence-corrected chi connectivity index (χ2v) is 1.76. The maximum Gasteiger partial charge on any atom is 0.236 e. The van der Waals surface area contributed by atoms with E-state index in [1.54, 1.807) is 0 Å². The first-order valence-electron chi connectivity index (χ1n) is 2.84. The van der Waals surface area contributed by atoms with Gasteiger partial charge in [-0.05, 0) is 0 Å². The van der Waals surface area contributed by atoms with Crippen LogP contribution < -0.4 is 10.5 Å². The molecule has 0 aliphatic rings.